The van der Waals surface area contributed by atoms with Crippen molar-refractivity contribution in [3.63, 3.8) is 0 Å². The molecule has 0 radical (unpaired) electrons. The highest BCUT2D eigenvalue weighted by molar-refractivity contribution is 7.99. The fourth-order valence-corrected chi connectivity index (χ4v) is 3.86. The second-order valence-electron chi connectivity index (χ2n) is 5.38. The molecular formula is C19H24S2. The normalized spacial score (nSPS) is 10.8. The summed E-state index contributed by atoms with van der Waals surface area (Å²) in [5, 5.41) is 0. The van der Waals surface area contributed by atoms with E-state index >= 15 is 0 Å². The molecule has 0 fully saturated rings. The van der Waals surface area contributed by atoms with Crippen molar-refractivity contribution in [3.05, 3.63) is 59.7 Å². The summed E-state index contributed by atoms with van der Waals surface area (Å²) >= 11 is 3.96. The first kappa shape index (κ1) is 16.5. The monoisotopic (exact) mass is 316 g/mol. The molecule has 0 spiro atoms. The standard InChI is InChI=1S/C19H24S2/c1-16-6-10-18(11-7-16)20-14-4-3-5-15-21-19-12-8-17(2)9-13-19/h6-13H,3-5,14-15H2,1-2H3. The molecule has 0 unspecified atom stereocenters. The van der Waals surface area contributed by atoms with Crippen molar-refractivity contribution in [2.24, 2.45) is 0 Å². The minimum atomic E-state index is 1.23. The molecule has 0 atom stereocenters. The topological polar surface area (TPSA) is 0 Å². The van der Waals surface area contributed by atoms with Gasteiger partial charge in [0.05, 0.1) is 0 Å². The Morgan fingerprint density at radius 1 is 0.571 bits per heavy atom. The Kier molecular flexibility index (Phi) is 7.25. The first-order chi connectivity index (χ1) is 10.2. The molecule has 2 aromatic carbocycles. The van der Waals surface area contributed by atoms with Gasteiger partial charge in [-0.25, -0.2) is 0 Å². The van der Waals surface area contributed by atoms with Crippen molar-refractivity contribution in [1.82, 2.24) is 0 Å². The molecule has 2 rings (SSSR count). The zero-order valence-electron chi connectivity index (χ0n) is 13.0. The molecule has 0 aliphatic carbocycles. The second-order valence-corrected chi connectivity index (χ2v) is 7.72. The van der Waals surface area contributed by atoms with Crippen molar-refractivity contribution in [1.29, 1.82) is 0 Å². The fourth-order valence-electron chi connectivity index (χ4n) is 2.03. The van der Waals surface area contributed by atoms with Crippen molar-refractivity contribution in [2.75, 3.05) is 11.5 Å². The molecule has 0 N–H and O–H groups in total. The molecule has 0 aromatic heterocycles. The maximum atomic E-state index is 2.23. The number of aryl methyl sites for hydroxylation is 2. The van der Waals surface area contributed by atoms with Gasteiger partial charge in [-0.05, 0) is 62.5 Å². The highest BCUT2D eigenvalue weighted by Gasteiger charge is 1.96. The molecule has 2 heteroatoms. The summed E-state index contributed by atoms with van der Waals surface area (Å²) < 4.78 is 0. The quantitative estimate of drug-likeness (QED) is 0.410. The van der Waals surface area contributed by atoms with Crippen LogP contribution in [0.5, 0.6) is 0 Å². The number of hydrogen-bond acceptors (Lipinski definition) is 2. The van der Waals surface area contributed by atoms with Crippen molar-refractivity contribution in [2.45, 2.75) is 42.9 Å². The third-order valence-electron chi connectivity index (χ3n) is 3.37. The summed E-state index contributed by atoms with van der Waals surface area (Å²) in [7, 11) is 0. The number of hydrogen-bond donors (Lipinski definition) is 0. The van der Waals surface area contributed by atoms with Crippen LogP contribution in [-0.4, -0.2) is 11.5 Å². The second kappa shape index (κ2) is 9.22. The van der Waals surface area contributed by atoms with Crippen LogP contribution in [0.1, 0.15) is 30.4 Å². The molecular weight excluding hydrogens is 292 g/mol. The molecule has 0 heterocycles. The largest absolute Gasteiger partial charge is 0.126 e. The summed E-state index contributed by atoms with van der Waals surface area (Å²) in [5.74, 6) is 2.47. The van der Waals surface area contributed by atoms with E-state index < -0.39 is 0 Å². The number of unbranched alkanes of at least 4 members (excludes halogenated alkanes) is 2. The Labute approximate surface area is 137 Å². The molecule has 0 saturated carbocycles. The summed E-state index contributed by atoms with van der Waals surface area (Å²) in [6.45, 7) is 4.28. The molecule has 0 saturated heterocycles. The van der Waals surface area contributed by atoms with Gasteiger partial charge in [0.1, 0.15) is 0 Å². The SMILES string of the molecule is Cc1ccc(SCCCCCSc2ccc(C)cc2)cc1. The fraction of sp³-hybridized carbons (Fsp3) is 0.368. The van der Waals surface area contributed by atoms with Crippen LogP contribution in [0.3, 0.4) is 0 Å². The lowest BCUT2D eigenvalue weighted by Crippen LogP contribution is -1.85. The Morgan fingerprint density at radius 2 is 0.952 bits per heavy atom. The molecule has 0 nitrogen and oxygen atoms in total. The van der Waals surface area contributed by atoms with Gasteiger partial charge < -0.3 is 0 Å². The third-order valence-corrected chi connectivity index (χ3v) is 5.56. The van der Waals surface area contributed by atoms with E-state index in [2.05, 4.69) is 62.4 Å². The third kappa shape index (κ3) is 6.62. The van der Waals surface area contributed by atoms with Gasteiger partial charge in [0.15, 0.2) is 0 Å². The van der Waals surface area contributed by atoms with Gasteiger partial charge in [-0.3, -0.25) is 0 Å². The van der Waals surface area contributed by atoms with Gasteiger partial charge in [0.2, 0.25) is 0 Å². The minimum Gasteiger partial charge on any atom is -0.126 e. The van der Waals surface area contributed by atoms with Crippen LogP contribution in [0.4, 0.5) is 0 Å². The maximum absolute atomic E-state index is 2.23. The van der Waals surface area contributed by atoms with Gasteiger partial charge in [0.25, 0.3) is 0 Å². The van der Waals surface area contributed by atoms with Gasteiger partial charge >= 0.3 is 0 Å². The summed E-state index contributed by atoms with van der Waals surface area (Å²) in [6.07, 6.45) is 3.96. The van der Waals surface area contributed by atoms with Crippen LogP contribution in [0.2, 0.25) is 0 Å². The molecule has 2 aromatic rings. The smallest absolute Gasteiger partial charge is 0.00721 e. The Hall–Kier alpha value is -0.860. The van der Waals surface area contributed by atoms with Crippen LogP contribution in [0, 0.1) is 13.8 Å². The van der Waals surface area contributed by atoms with Crippen LogP contribution in [0.25, 0.3) is 0 Å². The van der Waals surface area contributed by atoms with Crippen molar-refractivity contribution >= 4 is 23.5 Å². The van der Waals surface area contributed by atoms with Crippen LogP contribution < -0.4 is 0 Å². The highest BCUT2D eigenvalue weighted by Crippen LogP contribution is 2.22. The minimum absolute atomic E-state index is 1.23. The summed E-state index contributed by atoms with van der Waals surface area (Å²) in [5.41, 5.74) is 2.68. The first-order valence-electron chi connectivity index (χ1n) is 7.63. The lowest BCUT2D eigenvalue weighted by molar-refractivity contribution is 0.785. The number of rotatable bonds is 8. The van der Waals surface area contributed by atoms with E-state index in [0.717, 1.165) is 0 Å². The van der Waals surface area contributed by atoms with E-state index in [4.69, 9.17) is 0 Å². The van der Waals surface area contributed by atoms with Crippen LogP contribution in [-0.2, 0) is 0 Å². The van der Waals surface area contributed by atoms with Crippen molar-refractivity contribution in [3.8, 4) is 0 Å². The predicted molar refractivity (Wildman–Crippen MR) is 97.7 cm³/mol. The molecule has 112 valence electrons. The highest BCUT2D eigenvalue weighted by atomic mass is 32.2. The predicted octanol–water partition coefficient (Wildman–Crippen LogP) is 6.36. The lowest BCUT2D eigenvalue weighted by Gasteiger charge is -2.04. The van der Waals surface area contributed by atoms with Gasteiger partial charge in [0, 0.05) is 9.79 Å². The Morgan fingerprint density at radius 3 is 1.33 bits per heavy atom. The zero-order valence-corrected chi connectivity index (χ0v) is 14.6. The van der Waals surface area contributed by atoms with Crippen LogP contribution in [0.15, 0.2) is 58.3 Å². The molecule has 21 heavy (non-hydrogen) atoms. The average Bonchev–Trinajstić information content (AvgIpc) is 2.50. The lowest BCUT2D eigenvalue weighted by atomic mass is 10.2. The maximum Gasteiger partial charge on any atom is 0.00721 e. The molecule has 0 amide bonds. The van der Waals surface area contributed by atoms with E-state index in [9.17, 15) is 0 Å². The van der Waals surface area contributed by atoms with Gasteiger partial charge in [-0.2, -0.15) is 0 Å². The molecule has 0 bridgehead atoms. The van der Waals surface area contributed by atoms with E-state index in [0.29, 0.717) is 0 Å². The Balaban J connectivity index is 1.52. The Bertz CT molecular complexity index is 465. The zero-order chi connectivity index (χ0) is 14.9. The molecule has 0 aliphatic rings. The number of thioether (sulfide) groups is 2. The van der Waals surface area contributed by atoms with Gasteiger partial charge in [-0.1, -0.05) is 41.8 Å². The average molecular weight is 317 g/mol. The molecule has 0 aliphatic heterocycles. The first-order valence-corrected chi connectivity index (χ1v) is 9.60. The van der Waals surface area contributed by atoms with E-state index in [1.807, 2.05) is 23.5 Å². The summed E-state index contributed by atoms with van der Waals surface area (Å²) in [4.78, 5) is 2.80. The van der Waals surface area contributed by atoms with E-state index in [1.165, 1.54) is 51.7 Å². The van der Waals surface area contributed by atoms with Crippen LogP contribution >= 0.6 is 23.5 Å². The van der Waals surface area contributed by atoms with E-state index in [-0.39, 0.29) is 0 Å². The van der Waals surface area contributed by atoms with E-state index in [1.54, 1.807) is 0 Å². The summed E-state index contributed by atoms with van der Waals surface area (Å²) in [6, 6.07) is 17.7. The number of benzene rings is 2. The van der Waals surface area contributed by atoms with Crippen molar-refractivity contribution < 1.29 is 0 Å². The van der Waals surface area contributed by atoms with Gasteiger partial charge in [-0.15, -0.1) is 23.5 Å².